The van der Waals surface area contributed by atoms with E-state index < -0.39 is 5.97 Å². The topological polar surface area (TPSA) is 84.2 Å². The van der Waals surface area contributed by atoms with E-state index in [1.807, 2.05) is 43.6 Å². The van der Waals surface area contributed by atoms with E-state index in [-0.39, 0.29) is 23.1 Å². The molecule has 25 heavy (non-hydrogen) atoms. The summed E-state index contributed by atoms with van der Waals surface area (Å²) in [6, 6.07) is 9.30. The number of carboxylic acids is 1. The highest BCUT2D eigenvalue weighted by atomic mass is 32.1. The second-order valence-corrected chi connectivity index (χ2v) is 7.02. The molecule has 1 aromatic carbocycles. The van der Waals surface area contributed by atoms with Crippen LogP contribution in [0.5, 0.6) is 0 Å². The number of aromatic nitrogens is 2. The minimum absolute atomic E-state index is 0.117. The molecule has 3 aromatic rings. The number of anilines is 1. The van der Waals surface area contributed by atoms with Crippen molar-refractivity contribution in [3.8, 4) is 11.1 Å². The van der Waals surface area contributed by atoms with Crippen LogP contribution in [0.25, 0.3) is 11.1 Å². The summed E-state index contributed by atoms with van der Waals surface area (Å²) in [4.78, 5) is 25.2. The first kappa shape index (κ1) is 15.6. The third-order valence-electron chi connectivity index (χ3n) is 4.29. The van der Waals surface area contributed by atoms with Gasteiger partial charge in [0, 0.05) is 36.0 Å². The Balaban J connectivity index is 1.95. The normalized spacial score (nSPS) is 16.4. The quantitative estimate of drug-likeness (QED) is 0.756. The Hall–Kier alpha value is -2.93. The van der Waals surface area contributed by atoms with E-state index in [2.05, 4.69) is 10.4 Å². The highest BCUT2D eigenvalue weighted by Crippen LogP contribution is 2.49. The van der Waals surface area contributed by atoms with Crippen LogP contribution in [0.15, 0.2) is 42.7 Å². The van der Waals surface area contributed by atoms with Crippen molar-refractivity contribution in [3.05, 3.63) is 58.0 Å². The summed E-state index contributed by atoms with van der Waals surface area (Å²) in [5.41, 5.74) is 2.88. The zero-order valence-corrected chi connectivity index (χ0v) is 14.2. The summed E-state index contributed by atoms with van der Waals surface area (Å²) < 4.78 is 1.69. The maximum atomic E-state index is 12.3. The van der Waals surface area contributed by atoms with Crippen LogP contribution >= 0.6 is 11.3 Å². The van der Waals surface area contributed by atoms with Crippen molar-refractivity contribution < 1.29 is 14.7 Å². The number of carboxylic acid groups (broad SMARTS) is 1. The fourth-order valence-electron chi connectivity index (χ4n) is 3.21. The zero-order valence-electron chi connectivity index (χ0n) is 13.4. The van der Waals surface area contributed by atoms with Gasteiger partial charge in [0.1, 0.15) is 4.88 Å². The summed E-state index contributed by atoms with van der Waals surface area (Å²) in [6.07, 6.45) is 3.89. The molecule has 0 fully saturated rings. The van der Waals surface area contributed by atoms with E-state index in [4.69, 9.17) is 0 Å². The number of amides is 1. The number of aryl methyl sites for hydroxylation is 1. The number of hydrogen-bond acceptors (Lipinski definition) is 4. The standard InChI is InChI=1S/C18H15N3O3S/c1-21-9-11(8-19-21)12-7-13(22)20-15-14(10-5-3-2-4-6-10)17(18(23)24)25-16(12)15/h2-6,8-9,12H,7H2,1H3,(H,20,22)(H,23,24)/t12-/m1/s1. The first-order valence-corrected chi connectivity index (χ1v) is 8.60. The molecule has 7 heteroatoms. The molecule has 1 atom stereocenters. The fraction of sp³-hybridized carbons (Fsp3) is 0.167. The van der Waals surface area contributed by atoms with Gasteiger partial charge in [-0.1, -0.05) is 30.3 Å². The lowest BCUT2D eigenvalue weighted by molar-refractivity contribution is -0.116. The molecule has 1 amide bonds. The molecule has 126 valence electrons. The van der Waals surface area contributed by atoms with E-state index >= 15 is 0 Å². The molecule has 0 saturated carbocycles. The third-order valence-corrected chi connectivity index (χ3v) is 5.58. The van der Waals surface area contributed by atoms with Gasteiger partial charge in [-0.05, 0) is 11.1 Å². The molecule has 6 nitrogen and oxygen atoms in total. The minimum atomic E-state index is -0.988. The lowest BCUT2D eigenvalue weighted by Crippen LogP contribution is -2.22. The highest BCUT2D eigenvalue weighted by Gasteiger charge is 2.34. The van der Waals surface area contributed by atoms with Crippen LogP contribution < -0.4 is 5.32 Å². The van der Waals surface area contributed by atoms with E-state index in [9.17, 15) is 14.7 Å². The number of carbonyl (C=O) groups is 2. The van der Waals surface area contributed by atoms with E-state index in [0.29, 0.717) is 11.3 Å². The number of nitrogens with zero attached hydrogens (tertiary/aromatic N) is 2. The van der Waals surface area contributed by atoms with E-state index in [0.717, 1.165) is 16.0 Å². The van der Waals surface area contributed by atoms with Crippen molar-refractivity contribution in [1.82, 2.24) is 9.78 Å². The molecule has 0 bridgehead atoms. The van der Waals surface area contributed by atoms with Crippen LogP contribution in [0.4, 0.5) is 5.69 Å². The summed E-state index contributed by atoms with van der Waals surface area (Å²) in [5.74, 6) is -1.29. The number of rotatable bonds is 3. The number of aromatic carboxylic acids is 1. The summed E-state index contributed by atoms with van der Waals surface area (Å²) in [6.45, 7) is 0. The summed E-state index contributed by atoms with van der Waals surface area (Å²) in [7, 11) is 1.82. The highest BCUT2D eigenvalue weighted by molar-refractivity contribution is 7.15. The molecule has 0 unspecified atom stereocenters. The molecular weight excluding hydrogens is 338 g/mol. The largest absolute Gasteiger partial charge is 0.477 e. The number of nitrogens with one attached hydrogen (secondary N) is 1. The Morgan fingerprint density at radius 1 is 1.36 bits per heavy atom. The van der Waals surface area contributed by atoms with Gasteiger partial charge >= 0.3 is 5.97 Å². The van der Waals surface area contributed by atoms with Crippen LogP contribution in [0.1, 0.15) is 32.5 Å². The molecule has 3 heterocycles. The molecule has 0 aliphatic carbocycles. The smallest absolute Gasteiger partial charge is 0.346 e. The van der Waals surface area contributed by atoms with E-state index in [1.165, 1.54) is 11.3 Å². The molecular formula is C18H15N3O3S. The molecule has 1 aliphatic rings. The fourth-order valence-corrected chi connectivity index (χ4v) is 4.45. The van der Waals surface area contributed by atoms with Gasteiger partial charge in [-0.25, -0.2) is 4.79 Å². The average Bonchev–Trinajstić information content (AvgIpc) is 3.18. The van der Waals surface area contributed by atoms with Gasteiger partial charge in [-0.3, -0.25) is 9.48 Å². The Morgan fingerprint density at radius 3 is 2.76 bits per heavy atom. The summed E-state index contributed by atoms with van der Waals surface area (Å²) >= 11 is 1.23. The molecule has 0 saturated heterocycles. The molecule has 0 radical (unpaired) electrons. The lowest BCUT2D eigenvalue weighted by Gasteiger charge is -2.22. The Labute approximate surface area is 147 Å². The van der Waals surface area contributed by atoms with Crippen LogP contribution in [-0.4, -0.2) is 26.8 Å². The SMILES string of the molecule is Cn1cc([C@H]2CC(=O)Nc3c2sc(C(=O)O)c3-c2ccccc2)cn1. The van der Waals surface area contributed by atoms with Crippen molar-refractivity contribution in [2.24, 2.45) is 7.05 Å². The Kier molecular flexibility index (Phi) is 3.65. The van der Waals surface area contributed by atoms with Gasteiger partial charge in [-0.15, -0.1) is 11.3 Å². The predicted octanol–water partition coefficient (Wildman–Crippen LogP) is 3.32. The number of benzene rings is 1. The third kappa shape index (κ3) is 2.62. The number of thiophene rings is 1. The molecule has 1 aliphatic heterocycles. The molecule has 2 aromatic heterocycles. The predicted molar refractivity (Wildman–Crippen MR) is 95.0 cm³/mol. The van der Waals surface area contributed by atoms with Crippen LogP contribution in [0.3, 0.4) is 0 Å². The second-order valence-electron chi connectivity index (χ2n) is 5.97. The van der Waals surface area contributed by atoms with Crippen molar-refractivity contribution in [1.29, 1.82) is 0 Å². The van der Waals surface area contributed by atoms with Gasteiger partial charge in [0.15, 0.2) is 0 Å². The second kappa shape index (κ2) is 5.86. The van der Waals surface area contributed by atoms with E-state index in [1.54, 1.807) is 10.9 Å². The van der Waals surface area contributed by atoms with Gasteiger partial charge in [0.05, 0.1) is 11.9 Å². The molecule has 2 N–H and O–H groups in total. The summed E-state index contributed by atoms with van der Waals surface area (Å²) in [5, 5.41) is 16.8. The molecule has 4 rings (SSSR count). The van der Waals surface area contributed by atoms with Gasteiger partial charge in [0.25, 0.3) is 0 Å². The monoisotopic (exact) mass is 353 g/mol. The Morgan fingerprint density at radius 2 is 2.12 bits per heavy atom. The zero-order chi connectivity index (χ0) is 17.6. The van der Waals surface area contributed by atoms with Gasteiger partial charge in [-0.2, -0.15) is 5.10 Å². The van der Waals surface area contributed by atoms with Crippen LogP contribution in [0, 0.1) is 0 Å². The lowest BCUT2D eigenvalue weighted by atomic mass is 9.90. The van der Waals surface area contributed by atoms with Crippen LogP contribution in [0.2, 0.25) is 0 Å². The number of fused-ring (bicyclic) bond motifs is 1. The Bertz CT molecular complexity index is 975. The minimum Gasteiger partial charge on any atom is -0.477 e. The van der Waals surface area contributed by atoms with Crippen molar-refractivity contribution >= 4 is 28.9 Å². The van der Waals surface area contributed by atoms with Gasteiger partial charge in [0.2, 0.25) is 5.91 Å². The maximum Gasteiger partial charge on any atom is 0.346 e. The average molecular weight is 353 g/mol. The van der Waals surface area contributed by atoms with Crippen molar-refractivity contribution in [3.63, 3.8) is 0 Å². The first-order chi connectivity index (χ1) is 12.0. The number of carbonyl (C=O) groups excluding carboxylic acids is 1. The van der Waals surface area contributed by atoms with Crippen molar-refractivity contribution in [2.45, 2.75) is 12.3 Å². The van der Waals surface area contributed by atoms with Gasteiger partial charge < -0.3 is 10.4 Å². The number of hydrogen-bond donors (Lipinski definition) is 2. The maximum absolute atomic E-state index is 12.3. The molecule has 0 spiro atoms. The van der Waals surface area contributed by atoms with Crippen molar-refractivity contribution in [2.75, 3.05) is 5.32 Å². The first-order valence-electron chi connectivity index (χ1n) is 7.78. The van der Waals surface area contributed by atoms with Crippen LogP contribution in [-0.2, 0) is 11.8 Å².